The highest BCUT2D eigenvalue weighted by Gasteiger charge is 2.08. The predicted octanol–water partition coefficient (Wildman–Crippen LogP) is 3.76. The fourth-order valence-corrected chi connectivity index (χ4v) is 3.19. The van der Waals surface area contributed by atoms with Gasteiger partial charge in [-0.15, -0.1) is 16.7 Å². The lowest BCUT2D eigenvalue weighted by atomic mass is 10.1. The van der Waals surface area contributed by atoms with Crippen LogP contribution in [-0.4, -0.2) is 22.1 Å². The highest BCUT2D eigenvalue weighted by atomic mass is 35.5. The molecular weight excluding hydrogens is 394 g/mol. The number of methoxy groups -OCH3 is 1. The van der Waals surface area contributed by atoms with E-state index in [0.717, 1.165) is 22.3 Å². The molecule has 148 valence electrons. The lowest BCUT2D eigenvalue weighted by molar-refractivity contribution is 0.301. The zero-order valence-corrected chi connectivity index (χ0v) is 16.4. The average molecular weight is 412 g/mol. The Morgan fingerprint density at radius 3 is 2.66 bits per heavy atom. The first-order chi connectivity index (χ1) is 14.1. The first-order valence-electron chi connectivity index (χ1n) is 8.92. The summed E-state index contributed by atoms with van der Waals surface area (Å²) in [7, 11) is 1.64. The number of nitrogens with zero attached hydrogens (tertiary/aromatic N) is 3. The molecule has 0 spiro atoms. The Morgan fingerprint density at radius 1 is 1.10 bits per heavy atom. The summed E-state index contributed by atoms with van der Waals surface area (Å²) in [5.41, 5.74) is 2.50. The molecule has 0 amide bonds. The molecule has 0 fully saturated rings. The number of hydrogen-bond donors (Lipinski definition) is 0. The number of fused-ring (bicyclic) bond motifs is 1. The second-order valence-electron chi connectivity index (χ2n) is 6.43. The maximum Gasteiger partial charge on any atom is 0.336 e. The minimum absolute atomic E-state index is 0.236. The van der Waals surface area contributed by atoms with Crippen LogP contribution in [0.3, 0.4) is 0 Å². The molecule has 29 heavy (non-hydrogen) atoms. The summed E-state index contributed by atoms with van der Waals surface area (Å²) in [6, 6.07) is 14.5. The van der Waals surface area contributed by atoms with E-state index in [1.165, 1.54) is 6.07 Å². The minimum Gasteiger partial charge on any atom is -0.497 e. The smallest absolute Gasteiger partial charge is 0.336 e. The lowest BCUT2D eigenvalue weighted by Gasteiger charge is -2.06. The highest BCUT2D eigenvalue weighted by molar-refractivity contribution is 6.17. The van der Waals surface area contributed by atoms with Gasteiger partial charge in [-0.25, -0.2) is 9.48 Å². The van der Waals surface area contributed by atoms with Gasteiger partial charge in [0.1, 0.15) is 29.4 Å². The molecule has 0 radical (unpaired) electrons. The Hall–Kier alpha value is -3.32. The van der Waals surface area contributed by atoms with Crippen molar-refractivity contribution < 1.29 is 13.9 Å². The Bertz CT molecular complexity index is 1180. The van der Waals surface area contributed by atoms with Gasteiger partial charge in [-0.2, -0.15) is 0 Å². The molecule has 0 unspecified atom stereocenters. The van der Waals surface area contributed by atoms with Crippen molar-refractivity contribution in [1.29, 1.82) is 0 Å². The summed E-state index contributed by atoms with van der Waals surface area (Å²) in [6.45, 7) is 0.840. The molecule has 4 rings (SSSR count). The van der Waals surface area contributed by atoms with E-state index < -0.39 is 5.63 Å². The first kappa shape index (κ1) is 19.0. The molecule has 7 nitrogen and oxygen atoms in total. The normalized spacial score (nSPS) is 11.0. The molecule has 2 aromatic heterocycles. The summed E-state index contributed by atoms with van der Waals surface area (Å²) < 4.78 is 17.9. The standard InChI is InChI=1S/C21H18ClN3O4/c1-27-17-4-2-14(3-5-17)11-25-12-16(23-24-25)13-28-18-6-7-19-15(10-22)8-21(26)29-20(19)9-18/h2-9,12H,10-11,13H2,1H3. The van der Waals surface area contributed by atoms with E-state index in [1.54, 1.807) is 23.9 Å². The fourth-order valence-electron chi connectivity index (χ4n) is 2.97. The number of halogens is 1. The molecule has 2 aromatic carbocycles. The van der Waals surface area contributed by atoms with E-state index in [2.05, 4.69) is 10.3 Å². The topological polar surface area (TPSA) is 79.4 Å². The van der Waals surface area contributed by atoms with Crippen molar-refractivity contribution in [3.63, 3.8) is 0 Å². The molecular formula is C21H18ClN3O4. The van der Waals surface area contributed by atoms with Gasteiger partial charge in [0.2, 0.25) is 0 Å². The van der Waals surface area contributed by atoms with Gasteiger partial charge in [0, 0.05) is 23.4 Å². The molecule has 8 heteroatoms. The molecule has 0 saturated carbocycles. The Kier molecular flexibility index (Phi) is 5.48. The molecule has 0 aliphatic heterocycles. The van der Waals surface area contributed by atoms with Crippen LogP contribution in [0.4, 0.5) is 0 Å². The van der Waals surface area contributed by atoms with Crippen LogP contribution in [0.1, 0.15) is 16.8 Å². The van der Waals surface area contributed by atoms with Crippen molar-refractivity contribution >= 4 is 22.6 Å². The summed E-state index contributed by atoms with van der Waals surface area (Å²) in [4.78, 5) is 11.6. The van der Waals surface area contributed by atoms with Crippen LogP contribution in [0, 0.1) is 0 Å². The van der Waals surface area contributed by atoms with Crippen molar-refractivity contribution in [3.8, 4) is 11.5 Å². The molecule has 0 aliphatic rings. The number of alkyl halides is 1. The third-order valence-corrected chi connectivity index (χ3v) is 4.71. The monoisotopic (exact) mass is 411 g/mol. The zero-order chi connectivity index (χ0) is 20.2. The van der Waals surface area contributed by atoms with Gasteiger partial charge in [-0.1, -0.05) is 17.3 Å². The van der Waals surface area contributed by atoms with Crippen LogP contribution in [0.5, 0.6) is 11.5 Å². The molecule has 0 saturated heterocycles. The van der Waals surface area contributed by atoms with Crippen LogP contribution in [-0.2, 0) is 19.0 Å². The Labute approximate surface area is 171 Å². The minimum atomic E-state index is -0.438. The van der Waals surface area contributed by atoms with Gasteiger partial charge >= 0.3 is 5.63 Å². The van der Waals surface area contributed by atoms with Crippen molar-refractivity contribution in [2.75, 3.05) is 7.11 Å². The van der Waals surface area contributed by atoms with Crippen LogP contribution in [0.25, 0.3) is 11.0 Å². The summed E-state index contributed by atoms with van der Waals surface area (Å²) in [6.07, 6.45) is 1.83. The van der Waals surface area contributed by atoms with Crippen molar-refractivity contribution in [1.82, 2.24) is 15.0 Å². The lowest BCUT2D eigenvalue weighted by Crippen LogP contribution is -2.01. The fraction of sp³-hybridized carbons (Fsp3) is 0.190. The van der Waals surface area contributed by atoms with Crippen molar-refractivity contribution in [2.45, 2.75) is 19.0 Å². The van der Waals surface area contributed by atoms with Crippen LogP contribution in [0.15, 0.2) is 63.9 Å². The summed E-state index contributed by atoms with van der Waals surface area (Å²) in [5, 5.41) is 9.06. The average Bonchev–Trinajstić information content (AvgIpc) is 3.19. The van der Waals surface area contributed by atoms with Gasteiger partial charge in [0.15, 0.2) is 0 Å². The quantitative estimate of drug-likeness (QED) is 0.340. The van der Waals surface area contributed by atoms with E-state index in [1.807, 2.05) is 36.5 Å². The second kappa shape index (κ2) is 8.36. The number of rotatable bonds is 7. The third kappa shape index (κ3) is 4.41. The van der Waals surface area contributed by atoms with Gasteiger partial charge in [0.05, 0.1) is 19.9 Å². The van der Waals surface area contributed by atoms with Crippen LogP contribution in [0.2, 0.25) is 0 Å². The van der Waals surface area contributed by atoms with Crippen LogP contribution >= 0.6 is 11.6 Å². The second-order valence-corrected chi connectivity index (χ2v) is 6.69. The largest absolute Gasteiger partial charge is 0.497 e. The molecule has 0 aliphatic carbocycles. The number of benzene rings is 2. The van der Waals surface area contributed by atoms with Gasteiger partial charge in [0.25, 0.3) is 0 Å². The Morgan fingerprint density at radius 2 is 1.90 bits per heavy atom. The molecule has 4 aromatic rings. The third-order valence-electron chi connectivity index (χ3n) is 4.42. The highest BCUT2D eigenvalue weighted by Crippen LogP contribution is 2.24. The van der Waals surface area contributed by atoms with Gasteiger partial charge < -0.3 is 13.9 Å². The van der Waals surface area contributed by atoms with Crippen LogP contribution < -0.4 is 15.1 Å². The molecule has 2 heterocycles. The van der Waals surface area contributed by atoms with Gasteiger partial charge in [-0.3, -0.25) is 0 Å². The Balaban J connectivity index is 1.43. The van der Waals surface area contributed by atoms with E-state index in [-0.39, 0.29) is 12.5 Å². The maximum atomic E-state index is 11.6. The summed E-state index contributed by atoms with van der Waals surface area (Å²) in [5.74, 6) is 1.61. The maximum absolute atomic E-state index is 11.6. The molecule has 0 atom stereocenters. The molecule has 0 N–H and O–H groups in total. The van der Waals surface area contributed by atoms with E-state index in [4.69, 9.17) is 25.5 Å². The van der Waals surface area contributed by atoms with E-state index in [9.17, 15) is 4.79 Å². The zero-order valence-electron chi connectivity index (χ0n) is 15.7. The van der Waals surface area contributed by atoms with Gasteiger partial charge in [-0.05, 0) is 35.4 Å². The summed E-state index contributed by atoms with van der Waals surface area (Å²) >= 11 is 5.90. The molecule has 0 bridgehead atoms. The number of aromatic nitrogens is 3. The van der Waals surface area contributed by atoms with E-state index in [0.29, 0.717) is 23.6 Å². The van der Waals surface area contributed by atoms with Crippen molar-refractivity contribution in [2.24, 2.45) is 0 Å². The predicted molar refractivity (Wildman–Crippen MR) is 108 cm³/mol. The SMILES string of the molecule is COc1ccc(Cn2cc(COc3ccc4c(CCl)cc(=O)oc4c3)nn2)cc1. The number of hydrogen-bond acceptors (Lipinski definition) is 6. The first-order valence-corrected chi connectivity index (χ1v) is 9.45. The van der Waals surface area contributed by atoms with E-state index >= 15 is 0 Å². The number of ether oxygens (including phenoxy) is 2. The van der Waals surface area contributed by atoms with Crippen molar-refractivity contribution in [3.05, 3.63) is 82.0 Å².